The maximum Gasteiger partial charge on any atom is 0.243 e. The predicted molar refractivity (Wildman–Crippen MR) is 110 cm³/mol. The van der Waals surface area contributed by atoms with Gasteiger partial charge >= 0.3 is 0 Å². The molecule has 3 amide bonds. The number of hydrogen-bond acceptors (Lipinski definition) is 3. The fraction of sp³-hybridized carbons (Fsp3) is 0.348. The first kappa shape index (κ1) is 21.0. The average Bonchev–Trinajstić information content (AvgIpc) is 3.10. The molecular weight excluding hydrogens is 404 g/mol. The van der Waals surface area contributed by atoms with E-state index < -0.39 is 23.6 Å². The molecule has 0 radical (unpaired) electrons. The molecule has 162 valence electrons. The number of nitrogens with zero attached hydrogens (tertiary/aromatic N) is 2. The third-order valence-electron chi connectivity index (χ3n) is 5.95. The Kier molecular flexibility index (Phi) is 5.71. The summed E-state index contributed by atoms with van der Waals surface area (Å²) in [6, 6.07) is 10.2. The lowest BCUT2D eigenvalue weighted by Gasteiger charge is -2.36. The van der Waals surface area contributed by atoms with Crippen LogP contribution < -0.4 is 5.32 Å². The molecule has 2 saturated heterocycles. The Morgan fingerprint density at radius 2 is 1.87 bits per heavy atom. The van der Waals surface area contributed by atoms with Crippen LogP contribution in [0.4, 0.5) is 8.78 Å². The SMILES string of the molecule is CN1C[C@@H](C(=O)N2CCNC(=O)[C@H]2Cc2ccc(-c3cccc(F)c3F)cc2)CC1=O. The molecule has 6 nitrogen and oxygen atoms in total. The summed E-state index contributed by atoms with van der Waals surface area (Å²) < 4.78 is 27.6. The molecule has 2 aliphatic rings. The summed E-state index contributed by atoms with van der Waals surface area (Å²) in [5.41, 5.74) is 1.48. The maximum absolute atomic E-state index is 14.1. The molecule has 0 unspecified atom stereocenters. The van der Waals surface area contributed by atoms with Crippen molar-refractivity contribution in [2.24, 2.45) is 5.92 Å². The van der Waals surface area contributed by atoms with Crippen LogP contribution in [-0.2, 0) is 20.8 Å². The van der Waals surface area contributed by atoms with E-state index in [0.29, 0.717) is 31.6 Å². The van der Waals surface area contributed by atoms with Gasteiger partial charge in [0.05, 0.1) is 5.92 Å². The average molecular weight is 427 g/mol. The first-order valence-electron chi connectivity index (χ1n) is 10.2. The zero-order chi connectivity index (χ0) is 22.1. The van der Waals surface area contributed by atoms with Crippen LogP contribution in [0, 0.1) is 17.6 Å². The largest absolute Gasteiger partial charge is 0.353 e. The molecule has 4 rings (SSSR count). The fourth-order valence-electron chi connectivity index (χ4n) is 4.22. The van der Waals surface area contributed by atoms with Crippen molar-refractivity contribution in [3.05, 3.63) is 59.7 Å². The van der Waals surface area contributed by atoms with Crippen LogP contribution in [0.5, 0.6) is 0 Å². The van der Waals surface area contributed by atoms with Gasteiger partial charge in [-0.1, -0.05) is 36.4 Å². The fourth-order valence-corrected chi connectivity index (χ4v) is 4.22. The van der Waals surface area contributed by atoms with E-state index in [0.717, 1.165) is 11.6 Å². The lowest BCUT2D eigenvalue weighted by atomic mass is 9.97. The Balaban J connectivity index is 1.52. The van der Waals surface area contributed by atoms with E-state index in [1.54, 1.807) is 36.2 Å². The third-order valence-corrected chi connectivity index (χ3v) is 5.95. The minimum absolute atomic E-state index is 0.0727. The van der Waals surface area contributed by atoms with E-state index in [4.69, 9.17) is 0 Å². The Bertz CT molecular complexity index is 1030. The molecule has 1 N–H and O–H groups in total. The topological polar surface area (TPSA) is 69.7 Å². The summed E-state index contributed by atoms with van der Waals surface area (Å²) in [6.45, 7) is 1.11. The number of halogens is 2. The van der Waals surface area contributed by atoms with Crippen LogP contribution in [0.3, 0.4) is 0 Å². The number of benzene rings is 2. The van der Waals surface area contributed by atoms with Crippen LogP contribution in [0.15, 0.2) is 42.5 Å². The monoisotopic (exact) mass is 427 g/mol. The van der Waals surface area contributed by atoms with Gasteiger partial charge in [0.15, 0.2) is 11.6 Å². The zero-order valence-corrected chi connectivity index (χ0v) is 17.1. The first-order chi connectivity index (χ1) is 14.8. The highest BCUT2D eigenvalue weighted by Gasteiger charge is 2.40. The van der Waals surface area contributed by atoms with Gasteiger partial charge in [-0.2, -0.15) is 0 Å². The summed E-state index contributed by atoms with van der Waals surface area (Å²) in [4.78, 5) is 40.5. The summed E-state index contributed by atoms with van der Waals surface area (Å²) in [6.07, 6.45) is 0.452. The van der Waals surface area contributed by atoms with Crippen molar-refractivity contribution in [2.45, 2.75) is 18.9 Å². The summed E-state index contributed by atoms with van der Waals surface area (Å²) in [7, 11) is 1.67. The van der Waals surface area contributed by atoms with Crippen molar-refractivity contribution in [1.29, 1.82) is 0 Å². The molecule has 0 spiro atoms. The van der Waals surface area contributed by atoms with Crippen molar-refractivity contribution < 1.29 is 23.2 Å². The second kappa shape index (κ2) is 8.45. The molecule has 2 aliphatic heterocycles. The maximum atomic E-state index is 14.1. The highest BCUT2D eigenvalue weighted by Crippen LogP contribution is 2.26. The number of hydrogen-bond donors (Lipinski definition) is 1. The van der Waals surface area contributed by atoms with Crippen LogP contribution in [-0.4, -0.2) is 60.2 Å². The smallest absolute Gasteiger partial charge is 0.243 e. The van der Waals surface area contributed by atoms with Crippen molar-refractivity contribution in [2.75, 3.05) is 26.7 Å². The zero-order valence-electron chi connectivity index (χ0n) is 17.1. The van der Waals surface area contributed by atoms with Crippen LogP contribution in [0.2, 0.25) is 0 Å². The lowest BCUT2D eigenvalue weighted by Crippen LogP contribution is -2.59. The van der Waals surface area contributed by atoms with Crippen LogP contribution in [0.1, 0.15) is 12.0 Å². The molecule has 8 heteroatoms. The van der Waals surface area contributed by atoms with Gasteiger partial charge in [0.25, 0.3) is 0 Å². The lowest BCUT2D eigenvalue weighted by molar-refractivity contribution is -0.146. The van der Waals surface area contributed by atoms with Gasteiger partial charge in [-0.25, -0.2) is 8.78 Å². The van der Waals surface area contributed by atoms with E-state index in [1.165, 1.54) is 17.0 Å². The predicted octanol–water partition coefficient (Wildman–Crippen LogP) is 1.98. The Morgan fingerprint density at radius 1 is 1.13 bits per heavy atom. The van der Waals surface area contributed by atoms with Crippen LogP contribution in [0.25, 0.3) is 11.1 Å². The van der Waals surface area contributed by atoms with Gasteiger partial charge in [-0.05, 0) is 17.2 Å². The van der Waals surface area contributed by atoms with Gasteiger partial charge in [0, 0.05) is 45.1 Å². The second-order valence-corrected chi connectivity index (χ2v) is 8.02. The molecule has 0 bridgehead atoms. The molecule has 0 aliphatic carbocycles. The number of rotatable bonds is 4. The van der Waals surface area contributed by atoms with E-state index >= 15 is 0 Å². The number of carbonyl (C=O) groups excluding carboxylic acids is 3. The first-order valence-corrected chi connectivity index (χ1v) is 10.2. The molecule has 2 aromatic carbocycles. The Hall–Kier alpha value is -3.29. The molecule has 31 heavy (non-hydrogen) atoms. The van der Waals surface area contributed by atoms with Gasteiger partial charge in [-0.3, -0.25) is 14.4 Å². The number of nitrogens with one attached hydrogen (secondary N) is 1. The summed E-state index contributed by atoms with van der Waals surface area (Å²) in [5.74, 6) is -2.75. The quantitative estimate of drug-likeness (QED) is 0.811. The molecule has 2 heterocycles. The second-order valence-electron chi connectivity index (χ2n) is 8.02. The van der Waals surface area contributed by atoms with Crippen molar-refractivity contribution in [1.82, 2.24) is 15.1 Å². The minimum atomic E-state index is -0.911. The van der Waals surface area contributed by atoms with E-state index in [2.05, 4.69) is 5.32 Å². The number of amides is 3. The number of piperazine rings is 1. The number of likely N-dealkylation sites (tertiary alicyclic amines) is 1. The normalized spacial score (nSPS) is 21.4. The van der Waals surface area contributed by atoms with Gasteiger partial charge in [-0.15, -0.1) is 0 Å². The van der Waals surface area contributed by atoms with E-state index in [9.17, 15) is 23.2 Å². The minimum Gasteiger partial charge on any atom is -0.353 e. The molecule has 2 aromatic rings. The van der Waals surface area contributed by atoms with Crippen molar-refractivity contribution in [3.8, 4) is 11.1 Å². The van der Waals surface area contributed by atoms with Gasteiger partial charge < -0.3 is 15.1 Å². The van der Waals surface area contributed by atoms with Crippen molar-refractivity contribution >= 4 is 17.7 Å². The van der Waals surface area contributed by atoms with Crippen molar-refractivity contribution in [3.63, 3.8) is 0 Å². The molecule has 0 saturated carbocycles. The van der Waals surface area contributed by atoms with E-state index in [1.807, 2.05) is 0 Å². The molecule has 2 fully saturated rings. The Labute approximate surface area is 178 Å². The van der Waals surface area contributed by atoms with Gasteiger partial charge in [0.2, 0.25) is 17.7 Å². The highest BCUT2D eigenvalue weighted by atomic mass is 19.2. The van der Waals surface area contributed by atoms with Gasteiger partial charge in [0.1, 0.15) is 6.04 Å². The molecule has 0 aromatic heterocycles. The molecule has 2 atom stereocenters. The Morgan fingerprint density at radius 3 is 2.55 bits per heavy atom. The van der Waals surface area contributed by atoms with E-state index in [-0.39, 0.29) is 29.7 Å². The number of carbonyl (C=O) groups is 3. The summed E-state index contributed by atoms with van der Waals surface area (Å²) in [5, 5.41) is 2.79. The van der Waals surface area contributed by atoms with Crippen LogP contribution >= 0.6 is 0 Å². The molecular formula is C23H23F2N3O3. The third kappa shape index (κ3) is 4.15. The standard InChI is InChI=1S/C23H23F2N3O3/c1-27-13-16(12-20(27)29)23(31)28-10-9-26-22(30)19(28)11-14-5-7-15(8-6-14)17-3-2-4-18(24)21(17)25/h2-8,16,19H,9-13H2,1H3,(H,26,30)/t16-,19+/m0/s1. The summed E-state index contributed by atoms with van der Waals surface area (Å²) >= 11 is 0. The highest BCUT2D eigenvalue weighted by molar-refractivity contribution is 5.93.